The zero-order valence-corrected chi connectivity index (χ0v) is 5.27. The molecule has 1 aliphatic heterocycles. The van der Waals surface area contributed by atoms with Crippen LogP contribution in [0.15, 0.2) is 12.3 Å². The van der Waals surface area contributed by atoms with E-state index in [4.69, 9.17) is 4.74 Å². The maximum atomic E-state index is 5.11. The maximum Gasteiger partial charge on any atom is 0.123 e. The van der Waals surface area contributed by atoms with E-state index >= 15 is 0 Å². The van der Waals surface area contributed by atoms with Gasteiger partial charge in [-0.25, -0.2) is 0 Å². The summed E-state index contributed by atoms with van der Waals surface area (Å²) in [6.07, 6.45) is 0.662. The zero-order chi connectivity index (χ0) is 6.15. The Labute approximate surface area is 49.5 Å². The minimum atomic E-state index is 0.278. The van der Waals surface area contributed by atoms with Gasteiger partial charge in [0.05, 0.1) is 6.10 Å². The molecule has 1 heterocycles. The standard InChI is InChI=1S/C6H11NO/c1-4(7-3)6-5(2)8-6/h5-7H,1H2,2-3H3. The molecule has 0 saturated carbocycles. The largest absolute Gasteiger partial charge is 0.390 e. The van der Waals surface area contributed by atoms with Crippen LogP contribution in [0.25, 0.3) is 0 Å². The summed E-state index contributed by atoms with van der Waals surface area (Å²) in [6, 6.07) is 0. The van der Waals surface area contributed by atoms with Gasteiger partial charge in [-0.15, -0.1) is 0 Å². The number of epoxide rings is 1. The van der Waals surface area contributed by atoms with Crippen LogP contribution >= 0.6 is 0 Å². The van der Waals surface area contributed by atoms with Crippen LogP contribution in [0.1, 0.15) is 6.92 Å². The smallest absolute Gasteiger partial charge is 0.123 e. The molecule has 2 unspecified atom stereocenters. The fraction of sp³-hybridized carbons (Fsp3) is 0.667. The predicted molar refractivity (Wildman–Crippen MR) is 32.5 cm³/mol. The van der Waals surface area contributed by atoms with Crippen LogP contribution in [-0.4, -0.2) is 19.3 Å². The number of hydrogen-bond donors (Lipinski definition) is 1. The molecule has 46 valence electrons. The second-order valence-electron chi connectivity index (χ2n) is 2.04. The molecular weight excluding hydrogens is 102 g/mol. The van der Waals surface area contributed by atoms with Gasteiger partial charge < -0.3 is 10.1 Å². The average Bonchev–Trinajstić information content (AvgIpc) is 2.45. The van der Waals surface area contributed by atoms with E-state index in [-0.39, 0.29) is 6.10 Å². The van der Waals surface area contributed by atoms with Crippen molar-refractivity contribution in [1.29, 1.82) is 0 Å². The molecule has 2 atom stereocenters. The molecule has 1 rings (SSSR count). The van der Waals surface area contributed by atoms with Crippen molar-refractivity contribution in [2.45, 2.75) is 19.1 Å². The number of hydrogen-bond acceptors (Lipinski definition) is 2. The molecule has 0 amide bonds. The van der Waals surface area contributed by atoms with E-state index in [1.165, 1.54) is 0 Å². The minimum Gasteiger partial charge on any atom is -0.390 e. The molecule has 0 radical (unpaired) electrons. The van der Waals surface area contributed by atoms with Gasteiger partial charge in [-0.05, 0) is 6.92 Å². The van der Waals surface area contributed by atoms with Crippen molar-refractivity contribution in [2.24, 2.45) is 0 Å². The third-order valence-electron chi connectivity index (χ3n) is 1.38. The van der Waals surface area contributed by atoms with Crippen LogP contribution in [0.5, 0.6) is 0 Å². The molecular formula is C6H11NO. The maximum absolute atomic E-state index is 5.11. The van der Waals surface area contributed by atoms with Crippen LogP contribution in [0.2, 0.25) is 0 Å². The van der Waals surface area contributed by atoms with E-state index < -0.39 is 0 Å². The van der Waals surface area contributed by atoms with Gasteiger partial charge in [0, 0.05) is 12.7 Å². The Morgan fingerprint density at radius 2 is 2.25 bits per heavy atom. The molecule has 0 spiro atoms. The molecule has 0 aromatic carbocycles. The second kappa shape index (κ2) is 1.78. The van der Waals surface area contributed by atoms with Crippen molar-refractivity contribution in [1.82, 2.24) is 5.32 Å². The molecule has 0 aromatic rings. The summed E-state index contributed by atoms with van der Waals surface area (Å²) in [7, 11) is 1.86. The highest BCUT2D eigenvalue weighted by atomic mass is 16.6. The van der Waals surface area contributed by atoms with Crippen LogP contribution in [0.4, 0.5) is 0 Å². The molecule has 0 aromatic heterocycles. The normalized spacial score (nSPS) is 34.2. The van der Waals surface area contributed by atoms with Crippen LogP contribution in [0.3, 0.4) is 0 Å². The Balaban J connectivity index is 2.28. The van der Waals surface area contributed by atoms with Crippen molar-refractivity contribution in [2.75, 3.05) is 7.05 Å². The van der Waals surface area contributed by atoms with E-state index in [1.54, 1.807) is 0 Å². The monoisotopic (exact) mass is 113 g/mol. The summed E-state index contributed by atoms with van der Waals surface area (Å²) < 4.78 is 5.11. The molecule has 2 heteroatoms. The summed E-state index contributed by atoms with van der Waals surface area (Å²) in [6.45, 7) is 5.78. The first-order valence-electron chi connectivity index (χ1n) is 2.77. The lowest BCUT2D eigenvalue weighted by molar-refractivity contribution is 0.391. The van der Waals surface area contributed by atoms with Gasteiger partial charge in [0.1, 0.15) is 6.10 Å². The Bertz CT molecular complexity index is 111. The molecule has 1 N–H and O–H groups in total. The quantitative estimate of drug-likeness (QED) is 0.527. The fourth-order valence-electron chi connectivity index (χ4n) is 0.694. The Hall–Kier alpha value is -0.500. The third-order valence-corrected chi connectivity index (χ3v) is 1.38. The molecule has 2 nitrogen and oxygen atoms in total. The lowest BCUT2D eigenvalue weighted by Gasteiger charge is -1.95. The molecule has 1 aliphatic rings. The first-order chi connectivity index (χ1) is 3.75. The van der Waals surface area contributed by atoms with Crippen LogP contribution < -0.4 is 5.32 Å². The summed E-state index contributed by atoms with van der Waals surface area (Å²) in [4.78, 5) is 0. The number of nitrogens with one attached hydrogen (secondary N) is 1. The van der Waals surface area contributed by atoms with Gasteiger partial charge in [-0.1, -0.05) is 6.58 Å². The summed E-state index contributed by atoms with van der Waals surface area (Å²) in [5.74, 6) is 0. The Morgan fingerprint density at radius 1 is 1.75 bits per heavy atom. The molecule has 1 fully saturated rings. The van der Waals surface area contributed by atoms with Crippen LogP contribution in [0, 0.1) is 0 Å². The number of ether oxygens (including phenoxy) is 1. The highest BCUT2D eigenvalue weighted by molar-refractivity contribution is 5.08. The highest BCUT2D eigenvalue weighted by Gasteiger charge is 2.35. The number of rotatable bonds is 2. The van der Waals surface area contributed by atoms with Gasteiger partial charge in [0.25, 0.3) is 0 Å². The molecule has 0 aliphatic carbocycles. The van der Waals surface area contributed by atoms with Crippen LogP contribution in [-0.2, 0) is 4.74 Å². The Morgan fingerprint density at radius 3 is 2.38 bits per heavy atom. The lowest BCUT2D eigenvalue weighted by Crippen LogP contribution is -2.10. The Kier molecular flexibility index (Phi) is 1.26. The van der Waals surface area contributed by atoms with Crippen molar-refractivity contribution in [3.05, 3.63) is 12.3 Å². The zero-order valence-electron chi connectivity index (χ0n) is 5.27. The van der Waals surface area contributed by atoms with Crippen molar-refractivity contribution < 1.29 is 4.74 Å². The van der Waals surface area contributed by atoms with Crippen molar-refractivity contribution in [3.8, 4) is 0 Å². The lowest BCUT2D eigenvalue weighted by atomic mass is 10.3. The van der Waals surface area contributed by atoms with E-state index in [0.717, 1.165) is 5.70 Å². The predicted octanol–water partition coefficient (Wildman–Crippen LogP) is 0.507. The van der Waals surface area contributed by atoms with Crippen molar-refractivity contribution in [3.63, 3.8) is 0 Å². The first-order valence-corrected chi connectivity index (χ1v) is 2.77. The molecule has 0 bridgehead atoms. The van der Waals surface area contributed by atoms with Gasteiger partial charge >= 0.3 is 0 Å². The van der Waals surface area contributed by atoms with Gasteiger partial charge in [0.2, 0.25) is 0 Å². The first kappa shape index (κ1) is 5.63. The molecule has 8 heavy (non-hydrogen) atoms. The second-order valence-corrected chi connectivity index (χ2v) is 2.04. The third kappa shape index (κ3) is 0.842. The topological polar surface area (TPSA) is 24.6 Å². The van der Waals surface area contributed by atoms with Crippen molar-refractivity contribution >= 4 is 0 Å². The van der Waals surface area contributed by atoms with Gasteiger partial charge in [-0.3, -0.25) is 0 Å². The van der Waals surface area contributed by atoms with E-state index in [1.807, 2.05) is 14.0 Å². The number of likely N-dealkylation sites (N-methyl/N-ethyl adjacent to an activating group) is 1. The van der Waals surface area contributed by atoms with E-state index in [9.17, 15) is 0 Å². The summed E-state index contributed by atoms with van der Waals surface area (Å²) in [5, 5.41) is 2.94. The van der Waals surface area contributed by atoms with Gasteiger partial charge in [0.15, 0.2) is 0 Å². The SMILES string of the molecule is C=C(NC)C1OC1C. The molecule has 1 saturated heterocycles. The van der Waals surface area contributed by atoms with E-state index in [2.05, 4.69) is 11.9 Å². The minimum absolute atomic E-state index is 0.278. The average molecular weight is 113 g/mol. The van der Waals surface area contributed by atoms with E-state index in [0.29, 0.717) is 6.10 Å². The highest BCUT2D eigenvalue weighted by Crippen LogP contribution is 2.25. The summed E-state index contributed by atoms with van der Waals surface area (Å²) in [5.41, 5.74) is 0.984. The summed E-state index contributed by atoms with van der Waals surface area (Å²) >= 11 is 0. The fourth-order valence-corrected chi connectivity index (χ4v) is 0.694. The van der Waals surface area contributed by atoms with Gasteiger partial charge in [-0.2, -0.15) is 0 Å².